The van der Waals surface area contributed by atoms with Crippen LogP contribution in [0.3, 0.4) is 0 Å². The second kappa shape index (κ2) is 3.95. The van der Waals surface area contributed by atoms with E-state index in [0.29, 0.717) is 0 Å². The number of pyridine rings is 1. The molecule has 0 aliphatic heterocycles. The number of aryl methyl sites for hydroxylation is 1. The van der Waals surface area contributed by atoms with E-state index in [1.165, 1.54) is 6.92 Å². The average molecular weight is 243 g/mol. The molecule has 0 aromatic carbocycles. The molecule has 90 valence electrons. The van der Waals surface area contributed by atoms with E-state index >= 15 is 0 Å². The summed E-state index contributed by atoms with van der Waals surface area (Å²) in [5, 5.41) is 0. The lowest BCUT2D eigenvalue weighted by atomic mass is 10.0. The Morgan fingerprint density at radius 1 is 1.06 bits per heavy atom. The monoisotopic (exact) mass is 243 g/mol. The third-order valence-electron chi connectivity index (χ3n) is 1.97. The molecule has 0 aliphatic carbocycles. The van der Waals surface area contributed by atoms with Crippen LogP contribution in [-0.2, 0) is 18.8 Å². The van der Waals surface area contributed by atoms with E-state index in [9.17, 15) is 26.3 Å². The van der Waals surface area contributed by atoms with Gasteiger partial charge in [-0.3, -0.25) is 4.98 Å². The SMILES string of the molecule is CCc1ccnc(C(F)(F)F)c1C(F)(F)F. The molecule has 1 heterocycles. The molecule has 0 saturated carbocycles. The van der Waals surface area contributed by atoms with Gasteiger partial charge in [0.25, 0.3) is 0 Å². The van der Waals surface area contributed by atoms with Crippen molar-refractivity contribution in [2.45, 2.75) is 25.7 Å². The average Bonchev–Trinajstić information content (AvgIpc) is 2.13. The van der Waals surface area contributed by atoms with Crippen LogP contribution in [0, 0.1) is 0 Å². The molecule has 0 fully saturated rings. The van der Waals surface area contributed by atoms with Crippen molar-refractivity contribution in [2.24, 2.45) is 0 Å². The van der Waals surface area contributed by atoms with Gasteiger partial charge in [-0.1, -0.05) is 6.92 Å². The highest BCUT2D eigenvalue weighted by Crippen LogP contribution is 2.40. The van der Waals surface area contributed by atoms with Crippen LogP contribution >= 0.6 is 0 Å². The second-order valence-corrected chi connectivity index (χ2v) is 3.04. The van der Waals surface area contributed by atoms with Crippen molar-refractivity contribution >= 4 is 0 Å². The first-order valence-electron chi connectivity index (χ1n) is 4.30. The van der Waals surface area contributed by atoms with E-state index in [1.807, 2.05) is 0 Å². The third kappa shape index (κ3) is 2.45. The standard InChI is InChI=1S/C9H7F6N/c1-2-5-3-4-16-7(9(13,14)15)6(5)8(10,11)12/h3-4H,2H2,1H3. The molecule has 0 N–H and O–H groups in total. The van der Waals surface area contributed by atoms with E-state index in [-0.39, 0.29) is 6.42 Å². The summed E-state index contributed by atoms with van der Waals surface area (Å²) in [6.45, 7) is 1.35. The molecule has 1 rings (SSSR count). The predicted molar refractivity (Wildman–Crippen MR) is 43.6 cm³/mol. The maximum atomic E-state index is 12.5. The first-order chi connectivity index (χ1) is 7.18. The van der Waals surface area contributed by atoms with Gasteiger partial charge in [0.2, 0.25) is 0 Å². The zero-order valence-corrected chi connectivity index (χ0v) is 8.08. The van der Waals surface area contributed by atoms with E-state index in [2.05, 4.69) is 4.98 Å². The molecule has 0 unspecified atom stereocenters. The van der Waals surface area contributed by atoms with Crippen LogP contribution in [0.2, 0.25) is 0 Å². The summed E-state index contributed by atoms with van der Waals surface area (Å²) in [6, 6.07) is 0.943. The second-order valence-electron chi connectivity index (χ2n) is 3.04. The summed E-state index contributed by atoms with van der Waals surface area (Å²) in [7, 11) is 0. The molecule has 0 atom stereocenters. The summed E-state index contributed by atoms with van der Waals surface area (Å²) >= 11 is 0. The van der Waals surface area contributed by atoms with E-state index in [4.69, 9.17) is 0 Å². The largest absolute Gasteiger partial charge is 0.433 e. The van der Waals surface area contributed by atoms with Gasteiger partial charge in [-0.2, -0.15) is 26.3 Å². The van der Waals surface area contributed by atoms with Crippen molar-refractivity contribution in [3.05, 3.63) is 29.1 Å². The van der Waals surface area contributed by atoms with Gasteiger partial charge < -0.3 is 0 Å². The lowest BCUT2D eigenvalue weighted by molar-refractivity contribution is -0.165. The molecule has 0 aliphatic rings. The van der Waals surface area contributed by atoms with Gasteiger partial charge in [0.15, 0.2) is 5.69 Å². The Morgan fingerprint density at radius 3 is 2.00 bits per heavy atom. The highest BCUT2D eigenvalue weighted by Gasteiger charge is 2.45. The van der Waals surface area contributed by atoms with Crippen molar-refractivity contribution in [1.29, 1.82) is 0 Å². The number of hydrogen-bond donors (Lipinski definition) is 0. The summed E-state index contributed by atoms with van der Waals surface area (Å²) in [6.07, 6.45) is -9.56. The molecule has 1 aromatic rings. The topological polar surface area (TPSA) is 12.9 Å². The number of halogens is 6. The zero-order chi connectivity index (χ0) is 12.6. The van der Waals surface area contributed by atoms with Gasteiger partial charge in [-0.25, -0.2) is 0 Å². The van der Waals surface area contributed by atoms with E-state index in [1.54, 1.807) is 0 Å². The minimum absolute atomic E-state index is 0.138. The summed E-state index contributed by atoms with van der Waals surface area (Å²) in [5.41, 5.74) is -3.97. The number of hydrogen-bond acceptors (Lipinski definition) is 1. The van der Waals surface area contributed by atoms with Gasteiger partial charge in [0.1, 0.15) is 0 Å². The Labute approximate surface area is 87.1 Å². The summed E-state index contributed by atoms with van der Waals surface area (Å²) in [5.74, 6) is 0. The molecule has 16 heavy (non-hydrogen) atoms. The molecule has 7 heteroatoms. The summed E-state index contributed by atoms with van der Waals surface area (Å²) < 4.78 is 74.5. The Balaban J connectivity index is 3.51. The van der Waals surface area contributed by atoms with Gasteiger partial charge in [0, 0.05) is 6.20 Å². The van der Waals surface area contributed by atoms with Gasteiger partial charge in [-0.05, 0) is 18.1 Å². The molecule has 0 saturated heterocycles. The molecular weight excluding hydrogens is 236 g/mol. The lowest BCUT2D eigenvalue weighted by Crippen LogP contribution is -2.20. The molecule has 1 aromatic heterocycles. The van der Waals surface area contributed by atoms with Crippen LogP contribution in [0.1, 0.15) is 23.7 Å². The van der Waals surface area contributed by atoms with Crippen molar-refractivity contribution < 1.29 is 26.3 Å². The normalized spacial score (nSPS) is 12.9. The van der Waals surface area contributed by atoms with Crippen LogP contribution in [0.25, 0.3) is 0 Å². The Bertz CT molecular complexity index is 379. The lowest BCUT2D eigenvalue weighted by Gasteiger charge is -2.17. The molecule has 0 bridgehead atoms. The fourth-order valence-corrected chi connectivity index (χ4v) is 1.33. The maximum absolute atomic E-state index is 12.5. The van der Waals surface area contributed by atoms with Crippen molar-refractivity contribution in [3.63, 3.8) is 0 Å². The number of nitrogens with zero attached hydrogens (tertiary/aromatic N) is 1. The van der Waals surface area contributed by atoms with Crippen molar-refractivity contribution in [1.82, 2.24) is 4.98 Å². The minimum Gasteiger partial charge on any atom is -0.251 e. The minimum atomic E-state index is -5.10. The fourth-order valence-electron chi connectivity index (χ4n) is 1.33. The molecule has 0 spiro atoms. The zero-order valence-electron chi connectivity index (χ0n) is 8.08. The van der Waals surface area contributed by atoms with Crippen molar-refractivity contribution in [3.8, 4) is 0 Å². The first kappa shape index (κ1) is 12.8. The molecule has 1 nitrogen and oxygen atoms in total. The van der Waals surface area contributed by atoms with E-state index in [0.717, 1.165) is 12.3 Å². The Morgan fingerprint density at radius 2 is 1.62 bits per heavy atom. The fraction of sp³-hybridized carbons (Fsp3) is 0.444. The van der Waals surface area contributed by atoms with Gasteiger partial charge in [0.05, 0.1) is 5.56 Å². The molecule has 0 amide bonds. The van der Waals surface area contributed by atoms with Crippen LogP contribution in [0.15, 0.2) is 12.3 Å². The van der Waals surface area contributed by atoms with Crippen LogP contribution < -0.4 is 0 Å². The highest BCUT2D eigenvalue weighted by molar-refractivity contribution is 5.34. The predicted octanol–water partition coefficient (Wildman–Crippen LogP) is 3.68. The van der Waals surface area contributed by atoms with Crippen LogP contribution in [0.5, 0.6) is 0 Å². The third-order valence-corrected chi connectivity index (χ3v) is 1.97. The highest BCUT2D eigenvalue weighted by atomic mass is 19.4. The quantitative estimate of drug-likeness (QED) is 0.685. The Hall–Kier alpha value is -1.27. The first-order valence-corrected chi connectivity index (χ1v) is 4.30. The van der Waals surface area contributed by atoms with E-state index < -0.39 is 29.2 Å². The molecular formula is C9H7F6N. The van der Waals surface area contributed by atoms with Gasteiger partial charge >= 0.3 is 12.4 Å². The smallest absolute Gasteiger partial charge is 0.251 e. The number of alkyl halides is 6. The number of aromatic nitrogens is 1. The maximum Gasteiger partial charge on any atom is 0.433 e. The van der Waals surface area contributed by atoms with Crippen LogP contribution in [-0.4, -0.2) is 4.98 Å². The van der Waals surface area contributed by atoms with Gasteiger partial charge in [-0.15, -0.1) is 0 Å². The Kier molecular flexibility index (Phi) is 3.16. The van der Waals surface area contributed by atoms with Crippen LogP contribution in [0.4, 0.5) is 26.3 Å². The summed E-state index contributed by atoms with van der Waals surface area (Å²) in [4.78, 5) is 2.78. The van der Waals surface area contributed by atoms with Crippen molar-refractivity contribution in [2.75, 3.05) is 0 Å². The molecule has 0 radical (unpaired) electrons. The number of rotatable bonds is 1.